The van der Waals surface area contributed by atoms with Gasteiger partial charge in [-0.25, -0.2) is 0 Å². The van der Waals surface area contributed by atoms with Gasteiger partial charge in [0.15, 0.2) is 8.32 Å². The summed E-state index contributed by atoms with van der Waals surface area (Å²) in [7, 11) is -1.57. The summed E-state index contributed by atoms with van der Waals surface area (Å²) >= 11 is 0. The minimum atomic E-state index is -1.57. The van der Waals surface area contributed by atoms with Crippen LogP contribution < -0.4 is 0 Å². The molecule has 0 atom stereocenters. The molecule has 0 aliphatic carbocycles. The number of hydrogen-bond acceptors (Lipinski definition) is 2. The van der Waals surface area contributed by atoms with Gasteiger partial charge >= 0.3 is 0 Å². The van der Waals surface area contributed by atoms with Crippen molar-refractivity contribution in [1.82, 2.24) is 4.90 Å². The molecule has 2 nitrogen and oxygen atoms in total. The molecular weight excluding hydrogens is 611 g/mol. The van der Waals surface area contributed by atoms with Gasteiger partial charge in [0.25, 0.3) is 0 Å². The van der Waals surface area contributed by atoms with E-state index >= 15 is 0 Å². The maximum absolute atomic E-state index is 6.39. The fourth-order valence-electron chi connectivity index (χ4n) is 7.08. The lowest BCUT2D eigenvalue weighted by molar-refractivity contribution is 0.253. The van der Waals surface area contributed by atoms with E-state index in [9.17, 15) is 0 Å². The number of hydrogen-bond donors (Lipinski definition) is 0. The first kappa shape index (κ1) is 49.1. The first-order chi connectivity index (χ1) is 23.7. The van der Waals surface area contributed by atoms with Crippen molar-refractivity contribution >= 4 is 8.32 Å². The Balaban J connectivity index is 4.05. The molecule has 0 aromatic carbocycles. The van der Waals surface area contributed by atoms with E-state index in [0.717, 1.165) is 6.61 Å². The minimum Gasteiger partial charge on any atom is -0.417 e. The van der Waals surface area contributed by atoms with Gasteiger partial charge in [-0.2, -0.15) is 0 Å². The second-order valence-corrected chi connectivity index (χ2v) is 22.6. The summed E-state index contributed by atoms with van der Waals surface area (Å²) in [6.45, 7) is 21.5. The maximum Gasteiger partial charge on any atom is 0.191 e. The Morgan fingerprint density at radius 3 is 0.816 bits per heavy atom. The Morgan fingerprint density at radius 1 is 0.347 bits per heavy atom. The van der Waals surface area contributed by atoms with E-state index in [2.05, 4.69) is 52.6 Å². The molecule has 0 unspecified atom stereocenters. The number of rotatable bonds is 40. The molecule has 0 aromatic rings. The van der Waals surface area contributed by atoms with Gasteiger partial charge in [-0.15, -0.1) is 0 Å². The van der Waals surface area contributed by atoms with Crippen molar-refractivity contribution in [2.45, 2.75) is 271 Å². The Hall–Kier alpha value is 0.137. The van der Waals surface area contributed by atoms with Crippen LogP contribution in [0.25, 0.3) is 0 Å². The van der Waals surface area contributed by atoms with E-state index < -0.39 is 8.32 Å². The number of nitrogens with zero attached hydrogens (tertiary/aromatic N) is 1. The molecule has 0 bridgehead atoms. The van der Waals surface area contributed by atoms with E-state index in [0.29, 0.717) is 5.04 Å². The van der Waals surface area contributed by atoms with Crippen LogP contribution in [0, 0.1) is 0 Å². The average molecular weight is 708 g/mol. The summed E-state index contributed by atoms with van der Waals surface area (Å²) in [5.74, 6) is 0. The molecule has 0 aliphatic rings. The van der Waals surface area contributed by atoms with Gasteiger partial charge in [-0.3, -0.25) is 0 Å². The zero-order chi connectivity index (χ0) is 36.2. The van der Waals surface area contributed by atoms with Crippen LogP contribution in [-0.4, -0.2) is 39.5 Å². The van der Waals surface area contributed by atoms with Gasteiger partial charge in [0.1, 0.15) is 0 Å². The molecular formula is C46H97NOSi. The molecule has 0 N–H and O–H groups in total. The first-order valence-electron chi connectivity index (χ1n) is 23.1. The Kier molecular flexibility index (Phi) is 36.6. The van der Waals surface area contributed by atoms with Crippen molar-refractivity contribution in [1.29, 1.82) is 0 Å². The summed E-state index contributed by atoms with van der Waals surface area (Å²) in [5.41, 5.74) is 0. The van der Waals surface area contributed by atoms with Crippen LogP contribution in [0.3, 0.4) is 0 Å². The molecule has 0 aliphatic heterocycles. The molecule has 0 aromatic heterocycles. The average Bonchev–Trinajstić information content (AvgIpc) is 3.06. The van der Waals surface area contributed by atoms with Crippen LogP contribution >= 0.6 is 0 Å². The summed E-state index contributed by atoms with van der Waals surface area (Å²) < 4.78 is 6.39. The van der Waals surface area contributed by atoms with Gasteiger partial charge in [0, 0.05) is 6.61 Å². The van der Waals surface area contributed by atoms with Gasteiger partial charge < -0.3 is 9.33 Å². The quantitative estimate of drug-likeness (QED) is 0.0464. The van der Waals surface area contributed by atoms with Crippen molar-refractivity contribution in [2.75, 3.05) is 26.2 Å². The summed E-state index contributed by atoms with van der Waals surface area (Å²) in [5, 5.41) is 0.332. The molecule has 0 saturated heterocycles. The second kappa shape index (κ2) is 36.5. The van der Waals surface area contributed by atoms with E-state index in [1.807, 2.05) is 0 Å². The molecule has 0 radical (unpaired) electrons. The van der Waals surface area contributed by atoms with Crippen LogP contribution in [-0.2, 0) is 4.43 Å². The summed E-state index contributed by atoms with van der Waals surface area (Å²) in [6.07, 6.45) is 49.0. The van der Waals surface area contributed by atoms with Crippen LogP contribution in [0.1, 0.15) is 253 Å². The zero-order valence-corrected chi connectivity index (χ0v) is 36.7. The highest BCUT2D eigenvalue weighted by Gasteiger charge is 2.36. The largest absolute Gasteiger partial charge is 0.417 e. The van der Waals surface area contributed by atoms with E-state index in [1.165, 1.54) is 238 Å². The van der Waals surface area contributed by atoms with E-state index in [-0.39, 0.29) is 0 Å². The van der Waals surface area contributed by atoms with Crippen molar-refractivity contribution in [3.63, 3.8) is 0 Å². The fourth-order valence-corrected chi connectivity index (χ4v) is 8.17. The molecule has 0 fully saturated rings. The lowest BCUT2D eigenvalue weighted by atomic mass is 10.0. The fraction of sp³-hybridized carbons (Fsp3) is 1.00. The summed E-state index contributed by atoms with van der Waals surface area (Å²) in [4.78, 5) is 2.86. The van der Waals surface area contributed by atoms with Gasteiger partial charge in [-0.1, -0.05) is 227 Å². The molecule has 296 valence electrons. The third kappa shape index (κ3) is 35.0. The Morgan fingerprint density at radius 2 is 0.571 bits per heavy atom. The highest BCUT2D eigenvalue weighted by molar-refractivity contribution is 6.74. The van der Waals surface area contributed by atoms with Crippen molar-refractivity contribution in [2.24, 2.45) is 0 Å². The predicted molar refractivity (Wildman–Crippen MR) is 228 cm³/mol. The van der Waals surface area contributed by atoms with Crippen molar-refractivity contribution in [3.8, 4) is 0 Å². The van der Waals surface area contributed by atoms with E-state index in [4.69, 9.17) is 4.43 Å². The van der Waals surface area contributed by atoms with Gasteiger partial charge in [0.2, 0.25) is 0 Å². The monoisotopic (exact) mass is 708 g/mol. The minimum absolute atomic E-state index is 0.332. The highest BCUT2D eigenvalue weighted by Crippen LogP contribution is 2.36. The normalized spacial score (nSPS) is 12.5. The topological polar surface area (TPSA) is 12.5 Å². The van der Waals surface area contributed by atoms with Crippen LogP contribution in [0.15, 0.2) is 0 Å². The molecule has 0 amide bonds. The van der Waals surface area contributed by atoms with E-state index in [1.54, 1.807) is 0 Å². The lowest BCUT2D eigenvalue weighted by Crippen LogP contribution is -2.40. The van der Waals surface area contributed by atoms with Gasteiger partial charge in [0.05, 0.1) is 0 Å². The SMILES string of the molecule is CCCCCCCCCCCCCCCCN(CCCCCCCCCCCCCCCC)CCCCCCCCO[Si](C)(C)C(C)(C)C. The second-order valence-electron chi connectivity index (χ2n) is 17.8. The van der Waals surface area contributed by atoms with Crippen molar-refractivity contribution < 1.29 is 4.43 Å². The Labute approximate surface area is 314 Å². The molecule has 0 spiro atoms. The number of unbranched alkanes of at least 4 members (excludes halogenated alkanes) is 31. The molecule has 0 heterocycles. The predicted octanol–water partition coefficient (Wildman–Crippen LogP) is 16.6. The van der Waals surface area contributed by atoms with Crippen LogP contribution in [0.4, 0.5) is 0 Å². The lowest BCUT2D eigenvalue weighted by Gasteiger charge is -2.36. The third-order valence-electron chi connectivity index (χ3n) is 11.8. The standard InChI is InChI=1S/C46H97NOSi/c1-8-10-12-14-16-18-20-22-24-26-28-30-34-38-42-47(43-39-35-31-29-27-25-23-21-19-17-15-13-11-9-2)44-40-36-32-33-37-41-45-48-49(6,7)46(3,4)5/h8-45H2,1-7H3. The smallest absolute Gasteiger partial charge is 0.191 e. The van der Waals surface area contributed by atoms with Crippen molar-refractivity contribution in [3.05, 3.63) is 0 Å². The molecule has 0 rings (SSSR count). The van der Waals surface area contributed by atoms with Crippen LogP contribution in [0.2, 0.25) is 18.1 Å². The van der Waals surface area contributed by atoms with Crippen LogP contribution in [0.5, 0.6) is 0 Å². The highest BCUT2D eigenvalue weighted by atomic mass is 28.4. The maximum atomic E-state index is 6.39. The zero-order valence-electron chi connectivity index (χ0n) is 35.7. The molecule has 0 saturated carbocycles. The molecule has 49 heavy (non-hydrogen) atoms. The molecule has 3 heteroatoms. The third-order valence-corrected chi connectivity index (χ3v) is 16.3. The van der Waals surface area contributed by atoms with Gasteiger partial charge in [-0.05, 0) is 63.4 Å². The summed E-state index contributed by atoms with van der Waals surface area (Å²) in [6, 6.07) is 0. The first-order valence-corrected chi connectivity index (χ1v) is 26.0. The Bertz CT molecular complexity index is 597.